The van der Waals surface area contributed by atoms with Crippen LogP contribution in [0.2, 0.25) is 0 Å². The van der Waals surface area contributed by atoms with Crippen molar-refractivity contribution < 1.29 is 14.7 Å². The lowest BCUT2D eigenvalue weighted by molar-refractivity contribution is -0.140. The number of nitrogens with zero attached hydrogens (tertiary/aromatic N) is 1. The Morgan fingerprint density at radius 1 is 1.29 bits per heavy atom. The molecule has 0 spiro atoms. The van der Waals surface area contributed by atoms with Gasteiger partial charge in [0.05, 0.1) is 0 Å². The van der Waals surface area contributed by atoms with Crippen molar-refractivity contribution in [2.75, 3.05) is 27.2 Å². The van der Waals surface area contributed by atoms with E-state index in [1.165, 1.54) is 0 Å². The van der Waals surface area contributed by atoms with Crippen molar-refractivity contribution in [3.8, 4) is 0 Å². The molecule has 3 N–H and O–H groups in total. The Labute approximate surface area is 102 Å². The molecule has 0 radical (unpaired) electrons. The normalized spacial score (nSPS) is 12.6. The number of carboxylic acids is 1. The molecular weight excluding hydrogens is 222 g/mol. The largest absolute Gasteiger partial charge is 0.480 e. The lowest BCUT2D eigenvalue weighted by Gasteiger charge is -2.18. The van der Waals surface area contributed by atoms with Crippen LogP contribution in [0.5, 0.6) is 0 Å². The van der Waals surface area contributed by atoms with E-state index in [0.717, 1.165) is 13.0 Å². The maximum atomic E-state index is 11.4. The fraction of sp³-hybridized carbons (Fsp3) is 0.818. The van der Waals surface area contributed by atoms with Gasteiger partial charge < -0.3 is 20.6 Å². The second-order valence-corrected chi connectivity index (χ2v) is 4.62. The Kier molecular flexibility index (Phi) is 7.29. The molecule has 0 aromatic heterocycles. The van der Waals surface area contributed by atoms with Gasteiger partial charge in [0, 0.05) is 6.54 Å². The van der Waals surface area contributed by atoms with Crippen molar-refractivity contribution >= 4 is 12.0 Å². The summed E-state index contributed by atoms with van der Waals surface area (Å²) >= 11 is 0. The first kappa shape index (κ1) is 15.7. The smallest absolute Gasteiger partial charge is 0.326 e. The third kappa shape index (κ3) is 7.57. The van der Waals surface area contributed by atoms with E-state index >= 15 is 0 Å². The Bertz CT molecular complexity index is 254. The highest BCUT2D eigenvalue weighted by atomic mass is 16.4. The number of aliphatic carboxylic acids is 1. The Balaban J connectivity index is 3.87. The number of hydrogen-bond donors (Lipinski definition) is 3. The van der Waals surface area contributed by atoms with E-state index < -0.39 is 18.0 Å². The maximum absolute atomic E-state index is 11.4. The molecule has 0 aliphatic carbocycles. The zero-order chi connectivity index (χ0) is 13.4. The molecule has 0 aromatic carbocycles. The predicted molar refractivity (Wildman–Crippen MR) is 66.0 cm³/mol. The number of amides is 2. The van der Waals surface area contributed by atoms with Gasteiger partial charge in [-0.1, -0.05) is 13.8 Å². The number of nitrogens with one attached hydrogen (secondary N) is 2. The molecule has 0 heterocycles. The van der Waals surface area contributed by atoms with Crippen LogP contribution in [0.25, 0.3) is 0 Å². The van der Waals surface area contributed by atoms with E-state index in [1.54, 1.807) is 13.8 Å². The van der Waals surface area contributed by atoms with Crippen LogP contribution in [-0.2, 0) is 4.79 Å². The Morgan fingerprint density at radius 3 is 2.29 bits per heavy atom. The van der Waals surface area contributed by atoms with E-state index in [0.29, 0.717) is 6.54 Å². The lowest BCUT2D eigenvalue weighted by Crippen LogP contribution is -2.48. The summed E-state index contributed by atoms with van der Waals surface area (Å²) in [5.74, 6) is -1.15. The predicted octanol–water partition coefficient (Wildman–Crippen LogP) is 0.347. The molecule has 0 bridgehead atoms. The van der Waals surface area contributed by atoms with Gasteiger partial charge in [0.15, 0.2) is 0 Å². The van der Waals surface area contributed by atoms with Crippen LogP contribution >= 0.6 is 0 Å². The third-order valence-electron chi connectivity index (χ3n) is 2.29. The highest BCUT2D eigenvalue weighted by Crippen LogP contribution is 2.01. The molecule has 0 rings (SSSR count). The van der Waals surface area contributed by atoms with E-state index in [-0.39, 0.29) is 5.92 Å². The second kappa shape index (κ2) is 7.89. The fourth-order valence-corrected chi connectivity index (χ4v) is 1.30. The average Bonchev–Trinajstić information content (AvgIpc) is 2.19. The molecule has 0 saturated heterocycles. The van der Waals surface area contributed by atoms with Crippen LogP contribution in [0.15, 0.2) is 0 Å². The maximum Gasteiger partial charge on any atom is 0.326 e. The summed E-state index contributed by atoms with van der Waals surface area (Å²) in [6.07, 6.45) is 0.833. The summed E-state index contributed by atoms with van der Waals surface area (Å²) in [5, 5.41) is 14.0. The first-order valence-electron chi connectivity index (χ1n) is 5.76. The molecule has 0 fully saturated rings. The van der Waals surface area contributed by atoms with Gasteiger partial charge in [-0.3, -0.25) is 0 Å². The minimum atomic E-state index is -1.01. The lowest BCUT2D eigenvalue weighted by atomic mass is 10.1. The number of rotatable bonds is 7. The molecule has 2 amide bonds. The SMILES string of the molecule is CC(C)C(NC(=O)NCCCN(C)C)C(=O)O. The van der Waals surface area contributed by atoms with Crippen LogP contribution in [0.4, 0.5) is 4.79 Å². The van der Waals surface area contributed by atoms with Crippen molar-refractivity contribution in [1.29, 1.82) is 0 Å². The number of carbonyl (C=O) groups excluding carboxylic acids is 1. The van der Waals surface area contributed by atoms with Crippen LogP contribution in [0, 0.1) is 5.92 Å². The summed E-state index contributed by atoms with van der Waals surface area (Å²) in [5.41, 5.74) is 0. The zero-order valence-electron chi connectivity index (χ0n) is 11.0. The summed E-state index contributed by atoms with van der Waals surface area (Å²) in [6, 6.07) is -1.27. The van der Waals surface area contributed by atoms with Gasteiger partial charge in [-0.15, -0.1) is 0 Å². The Morgan fingerprint density at radius 2 is 1.88 bits per heavy atom. The molecule has 1 unspecified atom stereocenters. The van der Waals surface area contributed by atoms with Gasteiger partial charge >= 0.3 is 12.0 Å². The molecular formula is C11H23N3O3. The summed E-state index contributed by atoms with van der Waals surface area (Å²) in [4.78, 5) is 24.3. The first-order valence-corrected chi connectivity index (χ1v) is 5.76. The van der Waals surface area contributed by atoms with Crippen LogP contribution < -0.4 is 10.6 Å². The van der Waals surface area contributed by atoms with Crippen LogP contribution in [-0.4, -0.2) is 55.2 Å². The summed E-state index contributed by atoms with van der Waals surface area (Å²) in [7, 11) is 3.92. The van der Waals surface area contributed by atoms with Crippen molar-refractivity contribution in [1.82, 2.24) is 15.5 Å². The summed E-state index contributed by atoms with van der Waals surface area (Å²) < 4.78 is 0. The van der Waals surface area contributed by atoms with Crippen molar-refractivity contribution in [3.63, 3.8) is 0 Å². The number of urea groups is 1. The average molecular weight is 245 g/mol. The highest BCUT2D eigenvalue weighted by molar-refractivity contribution is 5.82. The minimum Gasteiger partial charge on any atom is -0.480 e. The second-order valence-electron chi connectivity index (χ2n) is 4.62. The molecule has 0 saturated carbocycles. The molecule has 6 heteroatoms. The number of carbonyl (C=O) groups is 2. The van der Waals surface area contributed by atoms with Crippen molar-refractivity contribution in [3.05, 3.63) is 0 Å². The minimum absolute atomic E-state index is 0.139. The van der Waals surface area contributed by atoms with Gasteiger partial charge in [-0.05, 0) is 33.0 Å². The van der Waals surface area contributed by atoms with Gasteiger partial charge in [0.2, 0.25) is 0 Å². The monoisotopic (exact) mass is 245 g/mol. The van der Waals surface area contributed by atoms with Gasteiger partial charge in [0.1, 0.15) is 6.04 Å². The van der Waals surface area contributed by atoms with Gasteiger partial charge in [-0.25, -0.2) is 9.59 Å². The van der Waals surface area contributed by atoms with E-state index in [9.17, 15) is 9.59 Å². The van der Waals surface area contributed by atoms with Crippen LogP contribution in [0.3, 0.4) is 0 Å². The highest BCUT2D eigenvalue weighted by Gasteiger charge is 2.22. The molecule has 6 nitrogen and oxygen atoms in total. The molecule has 0 aliphatic heterocycles. The van der Waals surface area contributed by atoms with Crippen molar-refractivity contribution in [2.24, 2.45) is 5.92 Å². The molecule has 1 atom stereocenters. The van der Waals surface area contributed by atoms with Crippen molar-refractivity contribution in [2.45, 2.75) is 26.3 Å². The standard InChI is InChI=1S/C11H23N3O3/c1-8(2)9(10(15)16)13-11(17)12-6-5-7-14(3)4/h8-9H,5-7H2,1-4H3,(H,15,16)(H2,12,13,17). The van der Waals surface area contributed by atoms with Gasteiger partial charge in [-0.2, -0.15) is 0 Å². The summed E-state index contributed by atoms with van der Waals surface area (Å²) in [6.45, 7) is 4.93. The van der Waals surface area contributed by atoms with E-state index in [2.05, 4.69) is 10.6 Å². The molecule has 0 aromatic rings. The molecule has 100 valence electrons. The Hall–Kier alpha value is -1.30. The molecule has 17 heavy (non-hydrogen) atoms. The number of hydrogen-bond acceptors (Lipinski definition) is 3. The van der Waals surface area contributed by atoms with Gasteiger partial charge in [0.25, 0.3) is 0 Å². The van der Waals surface area contributed by atoms with E-state index in [4.69, 9.17) is 5.11 Å². The quantitative estimate of drug-likeness (QED) is 0.565. The third-order valence-corrected chi connectivity index (χ3v) is 2.29. The zero-order valence-corrected chi connectivity index (χ0v) is 11.0. The van der Waals surface area contributed by atoms with Crippen LogP contribution in [0.1, 0.15) is 20.3 Å². The van der Waals surface area contributed by atoms with E-state index in [1.807, 2.05) is 19.0 Å². The molecule has 0 aliphatic rings. The fourth-order valence-electron chi connectivity index (χ4n) is 1.30. The first-order chi connectivity index (χ1) is 7.84. The number of carboxylic acid groups (broad SMARTS) is 1. The topological polar surface area (TPSA) is 81.7 Å².